The summed E-state index contributed by atoms with van der Waals surface area (Å²) in [6.07, 6.45) is 0. The van der Waals surface area contributed by atoms with Crippen molar-refractivity contribution in [2.75, 3.05) is 0 Å². The summed E-state index contributed by atoms with van der Waals surface area (Å²) < 4.78 is 1.000. The lowest BCUT2D eigenvalue weighted by molar-refractivity contribution is 0.0979. The summed E-state index contributed by atoms with van der Waals surface area (Å²) in [5.74, 6) is -1.15. The Bertz CT molecular complexity index is 678. The van der Waals surface area contributed by atoms with E-state index in [1.165, 1.54) is 17.4 Å². The quantitative estimate of drug-likeness (QED) is 0.507. The largest absolute Gasteiger partial charge is 0.292 e. The van der Waals surface area contributed by atoms with Crippen molar-refractivity contribution in [1.29, 1.82) is 5.26 Å². The number of nitrogens with zero attached hydrogens (tertiary/aromatic N) is 1. The summed E-state index contributed by atoms with van der Waals surface area (Å²) in [6, 6.07) is 8.55. The van der Waals surface area contributed by atoms with Gasteiger partial charge in [0, 0.05) is 21.0 Å². The molecule has 1 aromatic carbocycles. The van der Waals surface area contributed by atoms with Crippen LogP contribution >= 0.6 is 57.1 Å². The maximum atomic E-state index is 12.3. The summed E-state index contributed by atoms with van der Waals surface area (Å²) in [5, 5.41) is 11.8. The van der Waals surface area contributed by atoms with E-state index in [9.17, 15) is 10.1 Å². The Hall–Kier alpha value is -0.610. The zero-order chi connectivity index (χ0) is 14.0. The fraction of sp³-hybridized carbons (Fsp3) is 0.0769. The van der Waals surface area contributed by atoms with E-state index < -0.39 is 5.92 Å². The highest BCUT2D eigenvalue weighted by molar-refractivity contribution is 14.1. The van der Waals surface area contributed by atoms with Crippen LogP contribution in [0.5, 0.6) is 0 Å². The van der Waals surface area contributed by atoms with Crippen LogP contribution in [0.25, 0.3) is 0 Å². The minimum atomic E-state index is -0.907. The Balaban J connectivity index is 2.40. The van der Waals surface area contributed by atoms with Gasteiger partial charge >= 0.3 is 0 Å². The maximum Gasteiger partial charge on any atom is 0.185 e. The van der Waals surface area contributed by atoms with Gasteiger partial charge in [-0.15, -0.1) is 11.3 Å². The molecule has 2 nitrogen and oxygen atoms in total. The van der Waals surface area contributed by atoms with E-state index in [1.807, 2.05) is 6.07 Å². The molecule has 0 fully saturated rings. The Morgan fingerprint density at radius 2 is 2.11 bits per heavy atom. The smallest absolute Gasteiger partial charge is 0.185 e. The lowest BCUT2D eigenvalue weighted by atomic mass is 9.93. The molecule has 0 aliphatic carbocycles. The predicted octanol–water partition coefficient (Wildman–Crippen LogP) is 5.15. The van der Waals surface area contributed by atoms with Gasteiger partial charge < -0.3 is 0 Å². The van der Waals surface area contributed by atoms with Gasteiger partial charge in [0.1, 0.15) is 5.92 Å². The molecule has 2 aromatic rings. The van der Waals surface area contributed by atoms with Crippen LogP contribution in [0.15, 0.2) is 29.6 Å². The molecule has 2 rings (SSSR count). The zero-order valence-corrected chi connectivity index (χ0v) is 13.8. The van der Waals surface area contributed by atoms with Crippen molar-refractivity contribution in [3.63, 3.8) is 0 Å². The van der Waals surface area contributed by atoms with Gasteiger partial charge in [-0.25, -0.2) is 0 Å². The van der Waals surface area contributed by atoms with Crippen LogP contribution < -0.4 is 0 Å². The normalized spacial score (nSPS) is 11.9. The standard InChI is InChI=1S/C13H6Cl2INOS/c14-8-1-2-9(11(15)4-8)10(5-17)13(18)7-3-12(16)19-6-7/h1-4,6,10H. The topological polar surface area (TPSA) is 40.9 Å². The molecule has 0 spiro atoms. The summed E-state index contributed by atoms with van der Waals surface area (Å²) in [4.78, 5) is 12.3. The van der Waals surface area contributed by atoms with Crippen molar-refractivity contribution >= 4 is 62.9 Å². The number of Topliss-reactive ketones (excluding diaryl/α,β-unsaturated/α-hetero) is 1. The minimum absolute atomic E-state index is 0.245. The van der Waals surface area contributed by atoms with Crippen molar-refractivity contribution in [3.8, 4) is 6.07 Å². The van der Waals surface area contributed by atoms with Crippen molar-refractivity contribution in [3.05, 3.63) is 53.7 Å². The van der Waals surface area contributed by atoms with Gasteiger partial charge in [0.05, 0.1) is 8.95 Å². The second-order valence-electron chi connectivity index (χ2n) is 3.73. The SMILES string of the molecule is N#CC(C(=O)c1csc(I)c1)c1ccc(Cl)cc1Cl. The van der Waals surface area contributed by atoms with Gasteiger partial charge in [0.25, 0.3) is 0 Å². The number of hydrogen-bond acceptors (Lipinski definition) is 3. The average molecular weight is 422 g/mol. The number of thiophene rings is 1. The number of rotatable bonds is 3. The molecule has 6 heteroatoms. The van der Waals surface area contributed by atoms with Crippen LogP contribution in [0.1, 0.15) is 21.8 Å². The highest BCUT2D eigenvalue weighted by Crippen LogP contribution is 2.30. The summed E-state index contributed by atoms with van der Waals surface area (Å²) in [7, 11) is 0. The lowest BCUT2D eigenvalue weighted by Gasteiger charge is -2.09. The van der Waals surface area contributed by atoms with Gasteiger partial charge in [-0.2, -0.15) is 5.26 Å². The number of carbonyl (C=O) groups is 1. The fourth-order valence-corrected chi connectivity index (χ4v) is 3.46. The number of halogens is 3. The van der Waals surface area contributed by atoms with E-state index in [0.717, 1.165) is 2.88 Å². The molecular formula is C13H6Cl2INOS. The van der Waals surface area contributed by atoms with Crippen molar-refractivity contribution in [2.24, 2.45) is 0 Å². The molecule has 0 N–H and O–H groups in total. The molecule has 1 aromatic heterocycles. The van der Waals surface area contributed by atoms with Crippen LogP contribution in [0, 0.1) is 14.2 Å². The maximum absolute atomic E-state index is 12.3. The second-order valence-corrected chi connectivity index (χ2v) is 7.38. The summed E-state index contributed by atoms with van der Waals surface area (Å²) in [6.45, 7) is 0. The molecule has 0 bridgehead atoms. The predicted molar refractivity (Wildman–Crippen MR) is 86.2 cm³/mol. The first-order chi connectivity index (χ1) is 9.02. The van der Waals surface area contributed by atoms with E-state index in [0.29, 0.717) is 21.2 Å². The second kappa shape index (κ2) is 6.23. The van der Waals surface area contributed by atoms with E-state index in [2.05, 4.69) is 22.6 Å². The number of ketones is 1. The monoisotopic (exact) mass is 421 g/mol. The van der Waals surface area contributed by atoms with Crippen LogP contribution in [0.4, 0.5) is 0 Å². The molecule has 0 aliphatic rings. The van der Waals surface area contributed by atoms with Gasteiger partial charge in [-0.3, -0.25) is 4.79 Å². The molecule has 0 saturated carbocycles. The van der Waals surface area contributed by atoms with Crippen molar-refractivity contribution in [2.45, 2.75) is 5.92 Å². The molecule has 0 amide bonds. The van der Waals surface area contributed by atoms with E-state index in [1.54, 1.807) is 23.6 Å². The highest BCUT2D eigenvalue weighted by atomic mass is 127. The first-order valence-corrected chi connectivity index (χ1v) is 7.87. The Kier molecular flexibility index (Phi) is 4.85. The summed E-state index contributed by atoms with van der Waals surface area (Å²) in [5.41, 5.74) is 1.02. The van der Waals surface area contributed by atoms with E-state index in [4.69, 9.17) is 23.2 Å². The fourth-order valence-electron chi connectivity index (χ4n) is 1.61. The first kappa shape index (κ1) is 14.8. The van der Waals surface area contributed by atoms with Gasteiger partial charge in [0.2, 0.25) is 0 Å². The highest BCUT2D eigenvalue weighted by Gasteiger charge is 2.24. The van der Waals surface area contributed by atoms with Gasteiger partial charge in [0.15, 0.2) is 5.78 Å². The number of hydrogen-bond donors (Lipinski definition) is 0. The Labute approximate surface area is 138 Å². The molecule has 96 valence electrons. The van der Waals surface area contributed by atoms with Crippen molar-refractivity contribution in [1.82, 2.24) is 0 Å². The van der Waals surface area contributed by atoms with E-state index >= 15 is 0 Å². The molecule has 1 heterocycles. The zero-order valence-electron chi connectivity index (χ0n) is 9.36. The third-order valence-corrected chi connectivity index (χ3v) is 4.87. The van der Waals surface area contributed by atoms with Crippen LogP contribution in [-0.4, -0.2) is 5.78 Å². The first-order valence-electron chi connectivity index (χ1n) is 5.15. The molecular weight excluding hydrogens is 416 g/mol. The summed E-state index contributed by atoms with van der Waals surface area (Å²) >= 11 is 15.5. The third kappa shape index (κ3) is 3.29. The lowest BCUT2D eigenvalue weighted by Crippen LogP contribution is -2.11. The average Bonchev–Trinajstić information content (AvgIpc) is 2.79. The third-order valence-electron chi connectivity index (χ3n) is 2.52. The minimum Gasteiger partial charge on any atom is -0.292 e. The van der Waals surface area contributed by atoms with Gasteiger partial charge in [-0.05, 0) is 46.4 Å². The van der Waals surface area contributed by atoms with Crippen LogP contribution in [0.2, 0.25) is 10.0 Å². The molecule has 0 radical (unpaired) electrons. The molecule has 0 saturated heterocycles. The Morgan fingerprint density at radius 1 is 1.37 bits per heavy atom. The number of carbonyl (C=O) groups excluding carboxylic acids is 1. The number of nitriles is 1. The van der Waals surface area contributed by atoms with Crippen LogP contribution in [0.3, 0.4) is 0 Å². The molecule has 1 unspecified atom stereocenters. The molecule has 0 aliphatic heterocycles. The van der Waals surface area contributed by atoms with Crippen LogP contribution in [-0.2, 0) is 0 Å². The number of benzene rings is 1. The molecule has 1 atom stereocenters. The van der Waals surface area contributed by atoms with Crippen molar-refractivity contribution < 1.29 is 4.79 Å². The Morgan fingerprint density at radius 3 is 2.63 bits per heavy atom. The van der Waals surface area contributed by atoms with E-state index in [-0.39, 0.29) is 5.78 Å². The molecule has 19 heavy (non-hydrogen) atoms. The van der Waals surface area contributed by atoms with Gasteiger partial charge in [-0.1, -0.05) is 29.3 Å².